The highest BCUT2D eigenvalue weighted by Crippen LogP contribution is 2.25. The molecule has 0 heterocycles. The molecule has 0 aliphatic carbocycles. The molecule has 0 unspecified atom stereocenters. The molecule has 2 atom stereocenters. The maximum Gasteiger partial charge on any atom is 0.321 e. The minimum Gasteiger partial charge on any atom is -0.341 e. The van der Waals surface area contributed by atoms with Gasteiger partial charge in [-0.2, -0.15) is 0 Å². The third kappa shape index (κ3) is 5.64. The van der Waals surface area contributed by atoms with Crippen molar-refractivity contribution in [1.29, 1.82) is 0 Å². The normalized spacial score (nSPS) is 14.2. The number of carbonyl (C=O) groups is 2. The zero-order valence-electron chi connectivity index (χ0n) is 15.9. The van der Waals surface area contributed by atoms with Gasteiger partial charge in [-0.3, -0.25) is 10.1 Å². The summed E-state index contributed by atoms with van der Waals surface area (Å²) in [4.78, 5) is 23.4. The summed E-state index contributed by atoms with van der Waals surface area (Å²) in [7, 11) is 1.49. The highest BCUT2D eigenvalue weighted by atomic mass is 16.2. The van der Waals surface area contributed by atoms with Crippen LogP contribution in [0.4, 0.5) is 4.79 Å². The first-order chi connectivity index (χ1) is 11.1. The summed E-state index contributed by atoms with van der Waals surface area (Å²) >= 11 is 0. The van der Waals surface area contributed by atoms with Crippen molar-refractivity contribution in [2.45, 2.75) is 59.0 Å². The molecule has 24 heavy (non-hydrogen) atoms. The van der Waals surface area contributed by atoms with Crippen LogP contribution in [0.2, 0.25) is 0 Å². The molecule has 3 amide bonds. The maximum absolute atomic E-state index is 12.1. The van der Waals surface area contributed by atoms with Gasteiger partial charge in [-0.05, 0) is 17.9 Å². The van der Waals surface area contributed by atoms with Crippen LogP contribution in [-0.2, 0) is 10.2 Å². The van der Waals surface area contributed by atoms with E-state index in [1.807, 2.05) is 12.2 Å². The third-order valence-electron chi connectivity index (χ3n) is 4.25. The lowest BCUT2D eigenvalue weighted by Crippen LogP contribution is -2.93. The summed E-state index contributed by atoms with van der Waals surface area (Å²) in [5.41, 5.74) is 2.60. The van der Waals surface area contributed by atoms with Crippen LogP contribution in [0.25, 0.3) is 0 Å². The van der Waals surface area contributed by atoms with E-state index in [1.54, 1.807) is 0 Å². The summed E-state index contributed by atoms with van der Waals surface area (Å²) in [5, 5.41) is 6.75. The summed E-state index contributed by atoms with van der Waals surface area (Å²) < 4.78 is 0. The molecule has 0 aliphatic heterocycles. The number of imide groups is 1. The molecule has 5 heteroatoms. The first kappa shape index (κ1) is 20.2. The molecule has 4 N–H and O–H groups in total. The van der Waals surface area contributed by atoms with E-state index in [-0.39, 0.29) is 23.4 Å². The zero-order valence-corrected chi connectivity index (χ0v) is 15.9. The van der Waals surface area contributed by atoms with E-state index < -0.39 is 6.03 Å². The minimum absolute atomic E-state index is 0.121. The quantitative estimate of drug-likeness (QED) is 0.771. The molecular formula is C19H32N3O2+. The first-order valence-electron chi connectivity index (χ1n) is 8.54. The number of quaternary nitrogens is 1. The second kappa shape index (κ2) is 8.29. The van der Waals surface area contributed by atoms with Gasteiger partial charge in [0.05, 0.1) is 0 Å². The van der Waals surface area contributed by atoms with Crippen molar-refractivity contribution < 1.29 is 14.9 Å². The Morgan fingerprint density at radius 3 is 2.00 bits per heavy atom. The molecule has 0 radical (unpaired) electrons. The molecule has 0 saturated carbocycles. The third-order valence-corrected chi connectivity index (χ3v) is 4.25. The molecule has 134 valence electrons. The number of nitrogens with one attached hydrogen (secondary N) is 2. The fraction of sp³-hybridized carbons (Fsp3) is 0.579. The van der Waals surface area contributed by atoms with E-state index in [9.17, 15) is 9.59 Å². The van der Waals surface area contributed by atoms with E-state index in [0.717, 1.165) is 0 Å². The highest BCUT2D eigenvalue weighted by Gasteiger charge is 2.27. The van der Waals surface area contributed by atoms with Crippen molar-refractivity contribution in [1.82, 2.24) is 10.6 Å². The Labute approximate surface area is 145 Å². The predicted molar refractivity (Wildman–Crippen MR) is 96.7 cm³/mol. The van der Waals surface area contributed by atoms with Crippen LogP contribution >= 0.6 is 0 Å². The highest BCUT2D eigenvalue weighted by molar-refractivity contribution is 5.95. The average molecular weight is 334 g/mol. The Bertz CT molecular complexity index is 559. The molecule has 0 aliphatic rings. The Morgan fingerprint density at radius 2 is 1.58 bits per heavy atom. The number of carbonyl (C=O) groups excluding carboxylic acids is 2. The van der Waals surface area contributed by atoms with Gasteiger partial charge < -0.3 is 10.6 Å². The smallest absolute Gasteiger partial charge is 0.321 e. The van der Waals surface area contributed by atoms with Crippen LogP contribution in [0.1, 0.15) is 58.7 Å². The molecular weight excluding hydrogens is 302 g/mol. The van der Waals surface area contributed by atoms with Crippen LogP contribution in [0, 0.1) is 5.92 Å². The van der Waals surface area contributed by atoms with E-state index in [4.69, 9.17) is 0 Å². The van der Waals surface area contributed by atoms with Crippen LogP contribution in [-0.4, -0.2) is 25.0 Å². The van der Waals surface area contributed by atoms with Gasteiger partial charge in [0.1, 0.15) is 6.04 Å². The van der Waals surface area contributed by atoms with Gasteiger partial charge in [-0.1, -0.05) is 58.9 Å². The van der Waals surface area contributed by atoms with Gasteiger partial charge in [0.2, 0.25) is 0 Å². The number of benzene rings is 1. The summed E-state index contributed by atoms with van der Waals surface area (Å²) in [6.45, 7) is 12.7. The summed E-state index contributed by atoms with van der Waals surface area (Å²) in [6, 6.07) is 7.94. The minimum atomic E-state index is -0.476. The van der Waals surface area contributed by atoms with Gasteiger partial charge in [0.25, 0.3) is 5.91 Å². The van der Waals surface area contributed by atoms with Gasteiger partial charge in [0.15, 0.2) is 6.04 Å². The monoisotopic (exact) mass is 334 g/mol. The molecule has 1 aromatic rings. The average Bonchev–Trinajstić information content (AvgIpc) is 2.51. The van der Waals surface area contributed by atoms with Crippen molar-refractivity contribution in [3.8, 4) is 0 Å². The molecule has 0 bridgehead atoms. The number of rotatable bonds is 5. The van der Waals surface area contributed by atoms with Crippen molar-refractivity contribution in [2.75, 3.05) is 7.05 Å². The molecule has 0 spiro atoms. The van der Waals surface area contributed by atoms with Crippen molar-refractivity contribution in [3.05, 3.63) is 35.4 Å². The van der Waals surface area contributed by atoms with Crippen LogP contribution in [0.15, 0.2) is 24.3 Å². The number of amides is 3. The summed E-state index contributed by atoms with van der Waals surface area (Å²) in [6.07, 6.45) is 0. The standard InChI is InChI=1S/C19H31N3O2/c1-12(2)16(21-13(3)17(23)22-18(24)20-7)14-8-10-15(11-9-14)19(4,5)6/h8-13,16,21H,1-7H3,(H2,20,22,23,24)/p+1/t13-,16+/m0/s1. The number of nitrogens with two attached hydrogens (primary N) is 1. The van der Waals surface area contributed by atoms with Gasteiger partial charge in [0, 0.05) is 18.5 Å². The lowest BCUT2D eigenvalue weighted by molar-refractivity contribution is -0.719. The van der Waals surface area contributed by atoms with Crippen LogP contribution in [0.3, 0.4) is 0 Å². The summed E-state index contributed by atoms with van der Waals surface area (Å²) in [5.74, 6) is 0.0760. The zero-order chi connectivity index (χ0) is 18.5. The number of urea groups is 1. The fourth-order valence-corrected chi connectivity index (χ4v) is 2.61. The molecule has 0 aromatic heterocycles. The topological polar surface area (TPSA) is 74.8 Å². The van der Waals surface area contributed by atoms with Gasteiger partial charge >= 0.3 is 6.03 Å². The number of hydrogen-bond acceptors (Lipinski definition) is 2. The van der Waals surface area contributed by atoms with Crippen LogP contribution < -0.4 is 16.0 Å². The SMILES string of the molecule is CNC(=O)NC(=O)[C@H](C)[NH2+][C@@H](c1ccc(C(C)(C)C)cc1)C(C)C. The van der Waals surface area contributed by atoms with Gasteiger partial charge in [-0.25, -0.2) is 4.79 Å². The second-order valence-electron chi connectivity index (χ2n) is 7.69. The Kier molecular flexibility index (Phi) is 6.96. The second-order valence-corrected chi connectivity index (χ2v) is 7.69. The van der Waals surface area contributed by atoms with E-state index in [2.05, 4.69) is 69.5 Å². The molecule has 1 aromatic carbocycles. The number of hydrogen-bond donors (Lipinski definition) is 3. The fourth-order valence-electron chi connectivity index (χ4n) is 2.61. The Hall–Kier alpha value is -1.88. The van der Waals surface area contributed by atoms with E-state index in [1.165, 1.54) is 18.2 Å². The van der Waals surface area contributed by atoms with E-state index in [0.29, 0.717) is 5.92 Å². The predicted octanol–water partition coefficient (Wildman–Crippen LogP) is 2.09. The molecule has 5 nitrogen and oxygen atoms in total. The lowest BCUT2D eigenvalue weighted by Gasteiger charge is -2.24. The lowest BCUT2D eigenvalue weighted by atomic mass is 9.85. The van der Waals surface area contributed by atoms with Crippen molar-refractivity contribution >= 4 is 11.9 Å². The van der Waals surface area contributed by atoms with Crippen molar-refractivity contribution in [2.24, 2.45) is 5.92 Å². The van der Waals surface area contributed by atoms with E-state index >= 15 is 0 Å². The van der Waals surface area contributed by atoms with Crippen LogP contribution in [0.5, 0.6) is 0 Å². The maximum atomic E-state index is 12.1. The van der Waals surface area contributed by atoms with Crippen molar-refractivity contribution in [3.63, 3.8) is 0 Å². The Morgan fingerprint density at radius 1 is 1.04 bits per heavy atom. The molecule has 1 rings (SSSR count). The molecule has 0 saturated heterocycles. The Balaban J connectivity index is 2.87. The first-order valence-corrected chi connectivity index (χ1v) is 8.54. The van der Waals surface area contributed by atoms with Gasteiger partial charge in [-0.15, -0.1) is 0 Å². The molecule has 0 fully saturated rings. The largest absolute Gasteiger partial charge is 0.341 e.